The molecule has 1 aromatic carbocycles. The zero-order valence-electron chi connectivity index (χ0n) is 25.4. The van der Waals surface area contributed by atoms with E-state index in [2.05, 4.69) is 33.7 Å². The Kier molecular flexibility index (Phi) is 8.28. The average Bonchev–Trinajstić information content (AvgIpc) is 2.82. The number of rotatable bonds is 4. The van der Waals surface area contributed by atoms with Crippen molar-refractivity contribution in [2.45, 2.75) is 80.8 Å². The Morgan fingerprint density at radius 2 is 1.82 bits per heavy atom. The number of piperazine rings is 1. The Labute approximate surface area is 240 Å². The number of halogens is 1. The van der Waals surface area contributed by atoms with Crippen molar-refractivity contribution >= 4 is 45.0 Å². The third-order valence-corrected chi connectivity index (χ3v) is 12.2. The molecule has 3 heterocycles. The molecule has 1 atom stereocenters. The predicted octanol–water partition coefficient (Wildman–Crippen LogP) is 5.34. The Balaban J connectivity index is 1.92. The fourth-order valence-electron chi connectivity index (χ4n) is 5.27. The summed E-state index contributed by atoms with van der Waals surface area (Å²) in [5.74, 6) is 0.200. The molecule has 216 valence electrons. The first-order valence-corrected chi connectivity index (χ1v) is 24.0. The van der Waals surface area contributed by atoms with E-state index in [9.17, 15) is 9.59 Å². The standard InChI is InChI=1S/C27H33FN5O3.3CH3.Sn/c1-16(2)20-10-8-9-17(3)22(20)33-23-21(13-19(28)14-29-23)24(30-25(33)34)32-12-11-31(15-18(32)4)26(35)36-27(5,6)7;;;;/h8-10,13,16,18H,11-12,15H2,1-7H3;3*1H3;/t18-;;;;/m0..../s1. The van der Waals surface area contributed by atoms with E-state index >= 15 is 4.39 Å². The molecule has 0 unspecified atom stereocenters. The first-order valence-electron chi connectivity index (χ1n) is 14.0. The van der Waals surface area contributed by atoms with Gasteiger partial charge < -0.3 is 0 Å². The molecule has 1 saturated heterocycles. The molecule has 0 N–H and O–H groups in total. The maximum atomic E-state index is 15.7. The number of amides is 1. The second-order valence-corrected chi connectivity index (χ2v) is 27.3. The van der Waals surface area contributed by atoms with Crippen LogP contribution in [0.2, 0.25) is 14.8 Å². The molecule has 0 saturated carbocycles. The van der Waals surface area contributed by atoms with Crippen molar-refractivity contribution in [2.75, 3.05) is 24.5 Å². The number of carbonyl (C=O) groups excluding carboxylic acids is 1. The summed E-state index contributed by atoms with van der Waals surface area (Å²) in [6, 6.07) is 7.31. The monoisotopic (exact) mass is 659 g/mol. The summed E-state index contributed by atoms with van der Waals surface area (Å²) in [5.41, 5.74) is 2.07. The summed E-state index contributed by atoms with van der Waals surface area (Å²) >= 11 is -3.01. The molecule has 10 heteroatoms. The van der Waals surface area contributed by atoms with Crippen LogP contribution in [0.15, 0.2) is 29.1 Å². The quantitative estimate of drug-likeness (QED) is 0.353. The number of ether oxygens (including phenoxy) is 1. The van der Waals surface area contributed by atoms with Gasteiger partial charge in [-0.1, -0.05) is 0 Å². The summed E-state index contributed by atoms with van der Waals surface area (Å²) in [5, 5.41) is 0.493. The minimum absolute atomic E-state index is 0.152. The van der Waals surface area contributed by atoms with Crippen LogP contribution in [-0.2, 0) is 4.74 Å². The number of pyridine rings is 1. The summed E-state index contributed by atoms with van der Waals surface area (Å²) in [6.45, 7) is 14.8. The van der Waals surface area contributed by atoms with Crippen LogP contribution in [0.25, 0.3) is 16.7 Å². The summed E-state index contributed by atoms with van der Waals surface area (Å²) in [4.78, 5) is 46.1. The summed E-state index contributed by atoms with van der Waals surface area (Å²) < 4.78 is 23.3. The summed E-state index contributed by atoms with van der Waals surface area (Å²) in [7, 11) is 0. The number of nitrogens with zero attached hydrogens (tertiary/aromatic N) is 5. The molecule has 1 fully saturated rings. The van der Waals surface area contributed by atoms with E-state index in [0.29, 0.717) is 40.2 Å². The second kappa shape index (κ2) is 10.9. The van der Waals surface area contributed by atoms with E-state index in [-0.39, 0.29) is 23.9 Å². The molecule has 1 aliphatic rings. The molecule has 3 aromatic rings. The molecule has 4 rings (SSSR count). The van der Waals surface area contributed by atoms with Crippen LogP contribution in [0.5, 0.6) is 0 Å². The van der Waals surface area contributed by atoms with Crippen LogP contribution in [0.4, 0.5) is 15.0 Å². The number of para-hydroxylation sites is 1. The molecule has 1 aliphatic heterocycles. The molecular weight excluding hydrogens is 616 g/mol. The predicted molar refractivity (Wildman–Crippen MR) is 162 cm³/mol. The van der Waals surface area contributed by atoms with Gasteiger partial charge in [-0.25, -0.2) is 0 Å². The third kappa shape index (κ3) is 5.99. The number of aryl methyl sites for hydroxylation is 1. The van der Waals surface area contributed by atoms with Crippen molar-refractivity contribution in [2.24, 2.45) is 0 Å². The Bertz CT molecular complexity index is 1510. The van der Waals surface area contributed by atoms with Crippen LogP contribution in [-0.4, -0.2) is 75.2 Å². The van der Waals surface area contributed by atoms with Crippen molar-refractivity contribution < 1.29 is 13.9 Å². The third-order valence-electron chi connectivity index (χ3n) is 7.18. The van der Waals surface area contributed by atoms with Gasteiger partial charge in [0.2, 0.25) is 0 Å². The molecule has 0 aliphatic carbocycles. The Hall–Kier alpha value is -2.69. The van der Waals surface area contributed by atoms with E-state index < -0.39 is 29.7 Å². The normalized spacial score (nSPS) is 16.6. The van der Waals surface area contributed by atoms with Crippen LogP contribution < -0.4 is 14.3 Å². The van der Waals surface area contributed by atoms with Crippen molar-refractivity contribution in [3.8, 4) is 5.69 Å². The fraction of sp³-hybridized carbons (Fsp3) is 0.533. The molecular formula is C30H42FN5O3Sn. The molecule has 8 nitrogen and oxygen atoms in total. The maximum absolute atomic E-state index is 15.7. The SMILES string of the molecule is Cc1cccc(C(C)C)c1-n1c(=O)nc(N2CCN(C(=O)OC(C)(C)C)C[C@@H]2C)c2cc(F)[c]([Sn]([CH3])([CH3])[CH3])nc21. The van der Waals surface area contributed by atoms with Gasteiger partial charge in [-0.2, -0.15) is 0 Å². The molecule has 40 heavy (non-hydrogen) atoms. The van der Waals surface area contributed by atoms with Crippen molar-refractivity contribution in [1.82, 2.24) is 19.4 Å². The number of carbonyl (C=O) groups is 1. The number of hydrogen-bond donors (Lipinski definition) is 0. The molecule has 0 radical (unpaired) electrons. The van der Waals surface area contributed by atoms with Gasteiger partial charge in [-0.05, 0) is 20.8 Å². The van der Waals surface area contributed by atoms with Crippen molar-refractivity contribution in [3.05, 3.63) is 51.7 Å². The Morgan fingerprint density at radius 3 is 2.40 bits per heavy atom. The second-order valence-electron chi connectivity index (χ2n) is 13.1. The molecule has 2 aromatic heterocycles. The van der Waals surface area contributed by atoms with Crippen LogP contribution in [0.1, 0.15) is 58.6 Å². The number of benzene rings is 1. The van der Waals surface area contributed by atoms with E-state index in [4.69, 9.17) is 9.72 Å². The number of hydrogen-bond acceptors (Lipinski definition) is 6. The van der Waals surface area contributed by atoms with Gasteiger partial charge in [-0.15, -0.1) is 0 Å². The minimum atomic E-state index is -3.01. The van der Waals surface area contributed by atoms with Crippen molar-refractivity contribution in [1.29, 1.82) is 0 Å². The molecule has 0 spiro atoms. The van der Waals surface area contributed by atoms with E-state index in [1.165, 1.54) is 6.07 Å². The average molecular weight is 658 g/mol. The number of fused-ring (bicyclic) bond motifs is 1. The first-order chi connectivity index (χ1) is 18.5. The number of anilines is 1. The van der Waals surface area contributed by atoms with Gasteiger partial charge in [0.05, 0.1) is 0 Å². The number of aromatic nitrogens is 3. The van der Waals surface area contributed by atoms with Crippen LogP contribution in [0, 0.1) is 12.7 Å². The van der Waals surface area contributed by atoms with E-state index in [1.54, 1.807) is 9.47 Å². The van der Waals surface area contributed by atoms with Gasteiger partial charge in [-0.3, -0.25) is 0 Å². The zero-order valence-corrected chi connectivity index (χ0v) is 28.3. The van der Waals surface area contributed by atoms with E-state index in [1.807, 2.05) is 57.7 Å². The topological polar surface area (TPSA) is 80.6 Å². The van der Waals surface area contributed by atoms with Crippen LogP contribution in [0.3, 0.4) is 0 Å². The van der Waals surface area contributed by atoms with Crippen molar-refractivity contribution in [3.63, 3.8) is 0 Å². The van der Waals surface area contributed by atoms with Gasteiger partial charge >= 0.3 is 220 Å². The van der Waals surface area contributed by atoms with Gasteiger partial charge in [0.1, 0.15) is 0 Å². The van der Waals surface area contributed by atoms with Gasteiger partial charge in [0.25, 0.3) is 0 Å². The first kappa shape index (κ1) is 30.3. The van der Waals surface area contributed by atoms with E-state index in [0.717, 1.165) is 16.8 Å². The zero-order chi connectivity index (χ0) is 29.7. The molecule has 0 bridgehead atoms. The fourth-order valence-corrected chi connectivity index (χ4v) is 8.78. The molecule has 1 amide bonds. The van der Waals surface area contributed by atoms with Gasteiger partial charge in [0, 0.05) is 0 Å². The van der Waals surface area contributed by atoms with Crippen LogP contribution >= 0.6 is 0 Å². The summed E-state index contributed by atoms with van der Waals surface area (Å²) in [6.07, 6.45) is -0.372. The van der Waals surface area contributed by atoms with Gasteiger partial charge in [0.15, 0.2) is 0 Å². The Morgan fingerprint density at radius 1 is 1.15 bits per heavy atom.